The Bertz CT molecular complexity index is 269. The Labute approximate surface area is 112 Å². The van der Waals surface area contributed by atoms with E-state index in [-0.39, 0.29) is 0 Å². The van der Waals surface area contributed by atoms with E-state index in [0.717, 1.165) is 24.2 Å². The fourth-order valence-corrected chi connectivity index (χ4v) is 3.94. The van der Waals surface area contributed by atoms with Crippen molar-refractivity contribution in [1.82, 2.24) is 15.1 Å². The van der Waals surface area contributed by atoms with Crippen LogP contribution in [0, 0.1) is 0 Å². The number of hydrogen-bond donors (Lipinski definition) is 1. The highest BCUT2D eigenvalue weighted by Crippen LogP contribution is 2.35. The van der Waals surface area contributed by atoms with Crippen LogP contribution in [-0.2, 0) is 0 Å². The number of likely N-dealkylation sites (tertiary alicyclic amines) is 1. The lowest BCUT2D eigenvalue weighted by Gasteiger charge is -2.32. The molecular weight excluding hydrogens is 222 g/mol. The first kappa shape index (κ1) is 12.9. The van der Waals surface area contributed by atoms with Crippen molar-refractivity contribution in [2.75, 3.05) is 26.7 Å². The highest BCUT2D eigenvalue weighted by atomic mass is 15.3. The average molecular weight is 251 g/mol. The van der Waals surface area contributed by atoms with E-state index in [9.17, 15) is 0 Å². The van der Waals surface area contributed by atoms with E-state index in [0.29, 0.717) is 0 Å². The van der Waals surface area contributed by atoms with E-state index >= 15 is 0 Å². The third-order valence-electron chi connectivity index (χ3n) is 5.31. The predicted octanol–water partition coefficient (Wildman–Crippen LogP) is 1.69. The molecule has 3 aliphatic rings. The van der Waals surface area contributed by atoms with Crippen LogP contribution in [0.15, 0.2) is 0 Å². The maximum Gasteiger partial charge on any atom is 0.0238 e. The molecule has 3 heteroatoms. The van der Waals surface area contributed by atoms with Crippen molar-refractivity contribution in [1.29, 1.82) is 0 Å². The number of rotatable bonds is 3. The second kappa shape index (κ2) is 5.48. The van der Waals surface area contributed by atoms with Crippen molar-refractivity contribution in [2.45, 2.75) is 69.6 Å². The zero-order valence-electron chi connectivity index (χ0n) is 12.1. The molecule has 0 aromatic carbocycles. The molecule has 1 N–H and O–H groups in total. The third-order valence-corrected chi connectivity index (χ3v) is 5.31. The normalized spacial score (nSPS) is 39.2. The molecule has 104 valence electrons. The lowest BCUT2D eigenvalue weighted by atomic mass is 10.0. The molecule has 3 nitrogen and oxygen atoms in total. The van der Waals surface area contributed by atoms with Crippen LogP contribution in [0.4, 0.5) is 0 Å². The Morgan fingerprint density at radius 1 is 1.06 bits per heavy atom. The van der Waals surface area contributed by atoms with Crippen molar-refractivity contribution in [3.63, 3.8) is 0 Å². The van der Waals surface area contributed by atoms with Gasteiger partial charge < -0.3 is 5.32 Å². The molecule has 3 rings (SSSR count). The monoisotopic (exact) mass is 251 g/mol. The van der Waals surface area contributed by atoms with Crippen molar-refractivity contribution < 1.29 is 0 Å². The highest BCUT2D eigenvalue weighted by Gasteiger charge is 2.40. The molecule has 0 radical (unpaired) electrons. The fourth-order valence-electron chi connectivity index (χ4n) is 3.94. The lowest BCUT2D eigenvalue weighted by molar-refractivity contribution is 0.157. The van der Waals surface area contributed by atoms with Gasteiger partial charge in [-0.2, -0.15) is 0 Å². The second-order valence-electron chi connectivity index (χ2n) is 6.67. The predicted molar refractivity (Wildman–Crippen MR) is 75.9 cm³/mol. The van der Waals surface area contributed by atoms with Gasteiger partial charge in [0.1, 0.15) is 0 Å². The molecule has 0 bridgehead atoms. The van der Waals surface area contributed by atoms with Gasteiger partial charge in [0.25, 0.3) is 0 Å². The molecule has 3 fully saturated rings. The molecule has 18 heavy (non-hydrogen) atoms. The van der Waals surface area contributed by atoms with Crippen LogP contribution in [-0.4, -0.2) is 60.6 Å². The van der Waals surface area contributed by atoms with Gasteiger partial charge in [0.2, 0.25) is 0 Å². The Balaban J connectivity index is 1.56. The van der Waals surface area contributed by atoms with Crippen LogP contribution in [0.5, 0.6) is 0 Å². The van der Waals surface area contributed by atoms with Crippen LogP contribution < -0.4 is 5.32 Å². The summed E-state index contributed by atoms with van der Waals surface area (Å²) < 4.78 is 0. The first-order chi connectivity index (χ1) is 8.75. The van der Waals surface area contributed by atoms with Crippen molar-refractivity contribution in [2.24, 2.45) is 0 Å². The Kier molecular flexibility index (Phi) is 3.92. The number of nitrogens with zero attached hydrogens (tertiary/aromatic N) is 2. The largest absolute Gasteiger partial charge is 0.317 e. The molecule has 2 aliphatic heterocycles. The quantitative estimate of drug-likeness (QED) is 0.823. The molecule has 2 saturated heterocycles. The topological polar surface area (TPSA) is 18.5 Å². The number of hydrogen-bond acceptors (Lipinski definition) is 3. The Morgan fingerprint density at radius 3 is 2.67 bits per heavy atom. The van der Waals surface area contributed by atoms with Gasteiger partial charge in [-0.25, -0.2) is 0 Å². The van der Waals surface area contributed by atoms with E-state index in [1.807, 2.05) is 0 Å². The second-order valence-corrected chi connectivity index (χ2v) is 6.67. The van der Waals surface area contributed by atoms with Crippen LogP contribution in [0.2, 0.25) is 0 Å². The smallest absolute Gasteiger partial charge is 0.0238 e. The summed E-state index contributed by atoms with van der Waals surface area (Å²) in [4.78, 5) is 5.49. The summed E-state index contributed by atoms with van der Waals surface area (Å²) in [7, 11) is 2.38. The van der Waals surface area contributed by atoms with Crippen molar-refractivity contribution in [3.8, 4) is 0 Å². The summed E-state index contributed by atoms with van der Waals surface area (Å²) >= 11 is 0. The van der Waals surface area contributed by atoms with E-state index in [2.05, 4.69) is 29.1 Å². The summed E-state index contributed by atoms with van der Waals surface area (Å²) in [5.41, 5.74) is 0. The Hall–Kier alpha value is -0.120. The molecule has 3 unspecified atom stereocenters. The molecule has 0 aromatic rings. The molecule has 2 heterocycles. The van der Waals surface area contributed by atoms with E-state index in [4.69, 9.17) is 0 Å². The molecule has 0 amide bonds. The number of nitrogens with one attached hydrogen (secondary N) is 1. The van der Waals surface area contributed by atoms with Gasteiger partial charge >= 0.3 is 0 Å². The van der Waals surface area contributed by atoms with Crippen LogP contribution >= 0.6 is 0 Å². The molecule has 3 atom stereocenters. The van der Waals surface area contributed by atoms with Crippen molar-refractivity contribution >= 4 is 0 Å². The molecule has 0 aromatic heterocycles. The van der Waals surface area contributed by atoms with E-state index in [1.54, 1.807) is 0 Å². The highest BCUT2D eigenvalue weighted by molar-refractivity contribution is 4.97. The van der Waals surface area contributed by atoms with Gasteiger partial charge in [-0.15, -0.1) is 0 Å². The first-order valence-corrected chi connectivity index (χ1v) is 7.94. The maximum absolute atomic E-state index is 3.53. The minimum Gasteiger partial charge on any atom is -0.317 e. The molecule has 0 spiro atoms. The van der Waals surface area contributed by atoms with Crippen molar-refractivity contribution in [3.05, 3.63) is 0 Å². The van der Waals surface area contributed by atoms with Gasteiger partial charge in [0.05, 0.1) is 0 Å². The van der Waals surface area contributed by atoms with Gasteiger partial charge in [0.15, 0.2) is 0 Å². The summed E-state index contributed by atoms with van der Waals surface area (Å²) in [6, 6.07) is 3.38. The first-order valence-electron chi connectivity index (χ1n) is 7.94. The van der Waals surface area contributed by atoms with Gasteiger partial charge in [0, 0.05) is 30.7 Å². The van der Waals surface area contributed by atoms with E-state index < -0.39 is 0 Å². The summed E-state index contributed by atoms with van der Waals surface area (Å²) in [6.07, 6.45) is 8.37. The van der Waals surface area contributed by atoms with Crippen LogP contribution in [0.25, 0.3) is 0 Å². The summed E-state index contributed by atoms with van der Waals surface area (Å²) in [6.45, 7) is 6.19. The maximum atomic E-state index is 3.53. The van der Waals surface area contributed by atoms with Gasteiger partial charge in [-0.05, 0) is 65.6 Å². The molecule has 1 saturated carbocycles. The average Bonchev–Trinajstić information content (AvgIpc) is 3.16. The minimum absolute atomic E-state index is 0.809. The van der Waals surface area contributed by atoms with Crippen LogP contribution in [0.1, 0.15) is 45.4 Å². The van der Waals surface area contributed by atoms with Gasteiger partial charge in [-0.3, -0.25) is 9.80 Å². The molecular formula is C15H29N3. The minimum atomic E-state index is 0.809. The SMILES string of the molecule is CC1CC(N(C)C2CCCNCC2)CN1C1CC1. The lowest BCUT2D eigenvalue weighted by Crippen LogP contribution is -2.42. The zero-order chi connectivity index (χ0) is 12.5. The van der Waals surface area contributed by atoms with Gasteiger partial charge in [-0.1, -0.05) is 0 Å². The van der Waals surface area contributed by atoms with E-state index in [1.165, 1.54) is 58.2 Å². The summed E-state index contributed by atoms with van der Waals surface area (Å²) in [5.74, 6) is 0. The fraction of sp³-hybridized carbons (Fsp3) is 1.00. The van der Waals surface area contributed by atoms with Crippen LogP contribution in [0.3, 0.4) is 0 Å². The summed E-state index contributed by atoms with van der Waals surface area (Å²) in [5, 5.41) is 3.53. The Morgan fingerprint density at radius 2 is 1.89 bits per heavy atom. The standard InChI is InChI=1S/C15H29N3/c1-12-10-15(11-18(12)14-5-6-14)17(2)13-4-3-8-16-9-7-13/h12-16H,3-11H2,1-2H3. The molecule has 1 aliphatic carbocycles. The third kappa shape index (κ3) is 2.73. The number of likely N-dealkylation sites (N-methyl/N-ethyl adjacent to an activating group) is 1. The zero-order valence-corrected chi connectivity index (χ0v) is 12.1.